The highest BCUT2D eigenvalue weighted by molar-refractivity contribution is 7.80. The van der Waals surface area contributed by atoms with Crippen molar-refractivity contribution >= 4 is 17.3 Å². The van der Waals surface area contributed by atoms with Gasteiger partial charge in [0.25, 0.3) is 0 Å². The summed E-state index contributed by atoms with van der Waals surface area (Å²) in [6.07, 6.45) is 1.85. The quantitative estimate of drug-likeness (QED) is 0.545. The summed E-state index contributed by atoms with van der Waals surface area (Å²) in [5, 5.41) is 4.35. The SMILES string of the molecule is COc1cccc(-n2c(C)cc([C@@H]3[C@@H](c4ccccn4)NC(=S)N3CC(C)C)c2C)c1. The number of nitrogens with zero attached hydrogens (tertiary/aromatic N) is 3. The van der Waals surface area contributed by atoms with Gasteiger partial charge in [0.2, 0.25) is 0 Å². The van der Waals surface area contributed by atoms with Crippen LogP contribution in [0.2, 0.25) is 0 Å². The average Bonchev–Trinajstić information content (AvgIpc) is 3.23. The van der Waals surface area contributed by atoms with Crippen LogP contribution in [0.4, 0.5) is 0 Å². The molecule has 0 spiro atoms. The van der Waals surface area contributed by atoms with E-state index in [2.05, 4.69) is 71.7 Å². The minimum atomic E-state index is 0.00621. The summed E-state index contributed by atoms with van der Waals surface area (Å²) in [4.78, 5) is 6.98. The molecular formula is C25H30N4OS. The highest BCUT2D eigenvalue weighted by Gasteiger charge is 2.41. The van der Waals surface area contributed by atoms with Gasteiger partial charge in [0.05, 0.1) is 24.9 Å². The molecular weight excluding hydrogens is 404 g/mol. The van der Waals surface area contributed by atoms with E-state index in [9.17, 15) is 0 Å². The van der Waals surface area contributed by atoms with Crippen molar-refractivity contribution in [1.82, 2.24) is 19.8 Å². The van der Waals surface area contributed by atoms with E-state index < -0.39 is 0 Å². The summed E-state index contributed by atoms with van der Waals surface area (Å²) < 4.78 is 7.75. The largest absolute Gasteiger partial charge is 0.497 e. The van der Waals surface area contributed by atoms with Gasteiger partial charge in [-0.3, -0.25) is 4.98 Å². The molecule has 31 heavy (non-hydrogen) atoms. The molecule has 1 aliphatic rings. The predicted molar refractivity (Wildman–Crippen MR) is 129 cm³/mol. The maximum atomic E-state index is 5.79. The first-order chi connectivity index (χ1) is 14.9. The van der Waals surface area contributed by atoms with E-state index >= 15 is 0 Å². The lowest BCUT2D eigenvalue weighted by molar-refractivity contribution is 0.287. The first-order valence-corrected chi connectivity index (χ1v) is 11.1. The second-order valence-corrected chi connectivity index (χ2v) is 8.92. The summed E-state index contributed by atoms with van der Waals surface area (Å²) in [6.45, 7) is 9.69. The zero-order chi connectivity index (χ0) is 22.1. The molecule has 3 aromatic rings. The van der Waals surface area contributed by atoms with Crippen LogP contribution in [0.5, 0.6) is 5.75 Å². The Hall–Kier alpha value is -2.86. The molecule has 0 bridgehead atoms. The topological polar surface area (TPSA) is 42.3 Å². The fourth-order valence-electron chi connectivity index (χ4n) is 4.57. The molecule has 162 valence electrons. The van der Waals surface area contributed by atoms with Crippen LogP contribution >= 0.6 is 12.2 Å². The number of hydrogen-bond acceptors (Lipinski definition) is 3. The van der Waals surface area contributed by atoms with Crippen LogP contribution in [0, 0.1) is 19.8 Å². The van der Waals surface area contributed by atoms with Gasteiger partial charge in [-0.25, -0.2) is 0 Å². The summed E-state index contributed by atoms with van der Waals surface area (Å²) >= 11 is 5.79. The molecule has 2 atom stereocenters. The molecule has 1 aromatic carbocycles. The molecule has 3 heterocycles. The number of methoxy groups -OCH3 is 1. The van der Waals surface area contributed by atoms with E-state index in [0.29, 0.717) is 5.92 Å². The van der Waals surface area contributed by atoms with E-state index in [0.717, 1.165) is 28.8 Å². The van der Waals surface area contributed by atoms with Gasteiger partial charge in [-0.1, -0.05) is 26.0 Å². The molecule has 1 fully saturated rings. The summed E-state index contributed by atoms with van der Waals surface area (Å²) in [6, 6.07) is 16.6. The van der Waals surface area contributed by atoms with Gasteiger partial charge in [-0.05, 0) is 67.9 Å². The number of pyridine rings is 1. The lowest BCUT2D eigenvalue weighted by Crippen LogP contribution is -2.33. The Morgan fingerprint density at radius 2 is 1.94 bits per heavy atom. The first kappa shape index (κ1) is 21.4. The fraction of sp³-hybridized carbons (Fsp3) is 0.360. The van der Waals surface area contributed by atoms with Crippen LogP contribution in [0.1, 0.15) is 48.6 Å². The van der Waals surface area contributed by atoms with Crippen LogP contribution < -0.4 is 10.1 Å². The minimum absolute atomic E-state index is 0.00621. The minimum Gasteiger partial charge on any atom is -0.497 e. The highest BCUT2D eigenvalue weighted by atomic mass is 32.1. The van der Waals surface area contributed by atoms with Gasteiger partial charge in [0.1, 0.15) is 5.75 Å². The third-order valence-corrected chi connectivity index (χ3v) is 6.21. The molecule has 1 N–H and O–H groups in total. The molecule has 5 nitrogen and oxygen atoms in total. The van der Waals surface area contributed by atoms with Gasteiger partial charge in [-0.15, -0.1) is 0 Å². The van der Waals surface area contributed by atoms with Crippen LogP contribution in [0.3, 0.4) is 0 Å². The molecule has 1 aliphatic heterocycles. The molecule has 0 amide bonds. The predicted octanol–water partition coefficient (Wildman–Crippen LogP) is 5.13. The second-order valence-electron chi connectivity index (χ2n) is 8.54. The van der Waals surface area contributed by atoms with E-state index in [-0.39, 0.29) is 12.1 Å². The van der Waals surface area contributed by atoms with Crippen molar-refractivity contribution < 1.29 is 4.74 Å². The maximum Gasteiger partial charge on any atom is 0.170 e. The number of benzene rings is 1. The molecule has 0 saturated carbocycles. The number of nitrogens with one attached hydrogen (secondary N) is 1. The van der Waals surface area contributed by atoms with Crippen molar-refractivity contribution in [3.05, 3.63) is 77.4 Å². The zero-order valence-corrected chi connectivity index (χ0v) is 19.6. The van der Waals surface area contributed by atoms with Gasteiger partial charge >= 0.3 is 0 Å². The number of aryl methyl sites for hydroxylation is 1. The van der Waals surface area contributed by atoms with Crippen molar-refractivity contribution in [2.45, 2.75) is 39.8 Å². The van der Waals surface area contributed by atoms with Gasteiger partial charge < -0.3 is 19.5 Å². The van der Waals surface area contributed by atoms with E-state index in [4.69, 9.17) is 17.0 Å². The molecule has 0 radical (unpaired) electrons. The van der Waals surface area contributed by atoms with Gasteiger partial charge in [-0.2, -0.15) is 0 Å². The molecule has 2 aromatic heterocycles. The zero-order valence-electron chi connectivity index (χ0n) is 18.8. The van der Waals surface area contributed by atoms with Crippen molar-refractivity contribution in [3.8, 4) is 11.4 Å². The van der Waals surface area contributed by atoms with Crippen LogP contribution in [0.15, 0.2) is 54.7 Å². The van der Waals surface area contributed by atoms with Crippen LogP contribution in [0.25, 0.3) is 5.69 Å². The number of ether oxygens (including phenoxy) is 1. The smallest absolute Gasteiger partial charge is 0.170 e. The van der Waals surface area contributed by atoms with Crippen LogP contribution in [-0.4, -0.2) is 33.2 Å². The Morgan fingerprint density at radius 1 is 1.13 bits per heavy atom. The maximum absolute atomic E-state index is 5.79. The van der Waals surface area contributed by atoms with Crippen molar-refractivity contribution in [3.63, 3.8) is 0 Å². The number of hydrogen-bond donors (Lipinski definition) is 1. The Balaban J connectivity index is 1.83. The molecule has 6 heteroatoms. The molecule has 0 aliphatic carbocycles. The van der Waals surface area contributed by atoms with E-state index in [1.54, 1.807) is 7.11 Å². The fourth-order valence-corrected chi connectivity index (χ4v) is 4.88. The number of rotatable bonds is 6. The van der Waals surface area contributed by atoms with Crippen molar-refractivity contribution in [2.75, 3.05) is 13.7 Å². The summed E-state index contributed by atoms with van der Waals surface area (Å²) in [5.74, 6) is 1.34. The lowest BCUT2D eigenvalue weighted by atomic mass is 9.96. The standard InChI is InChI=1S/C25H30N4OS/c1-16(2)15-28-24(23(27-25(28)31)22-11-6-7-12-26-22)21-13-17(3)29(18(21)4)19-9-8-10-20(14-19)30-5/h6-14,16,23-24H,15H2,1-5H3,(H,27,31)/t23-,24-/m1/s1. The average molecular weight is 435 g/mol. The monoisotopic (exact) mass is 434 g/mol. The Labute approximate surface area is 190 Å². The van der Waals surface area contributed by atoms with Crippen molar-refractivity contribution in [1.29, 1.82) is 0 Å². The third-order valence-electron chi connectivity index (χ3n) is 5.86. The lowest BCUT2D eigenvalue weighted by Gasteiger charge is -2.29. The molecule has 1 saturated heterocycles. The van der Waals surface area contributed by atoms with Gasteiger partial charge in [0, 0.05) is 35.9 Å². The third kappa shape index (κ3) is 4.04. The Kier molecular flexibility index (Phi) is 6.01. The van der Waals surface area contributed by atoms with Crippen molar-refractivity contribution in [2.24, 2.45) is 5.92 Å². The van der Waals surface area contributed by atoms with Crippen LogP contribution in [-0.2, 0) is 0 Å². The Morgan fingerprint density at radius 3 is 2.61 bits per heavy atom. The van der Waals surface area contributed by atoms with E-state index in [1.807, 2.05) is 30.5 Å². The second kappa shape index (κ2) is 8.71. The number of aromatic nitrogens is 2. The van der Waals surface area contributed by atoms with E-state index in [1.165, 1.54) is 17.0 Å². The first-order valence-electron chi connectivity index (χ1n) is 10.7. The summed E-state index contributed by atoms with van der Waals surface area (Å²) in [7, 11) is 1.70. The Bertz CT molecular complexity index is 1080. The molecule has 0 unspecified atom stereocenters. The normalized spacial score (nSPS) is 18.5. The number of thiocarbonyl (C=S) groups is 1. The summed E-state index contributed by atoms with van der Waals surface area (Å²) in [5.41, 5.74) is 5.76. The highest BCUT2D eigenvalue weighted by Crippen LogP contribution is 2.41. The molecule has 4 rings (SSSR count). The van der Waals surface area contributed by atoms with Gasteiger partial charge in [0.15, 0.2) is 5.11 Å².